The largest absolute Gasteiger partial charge is 0.496 e. The maximum Gasteiger partial charge on any atom is 0.224 e. The maximum atomic E-state index is 12.1. The Morgan fingerprint density at radius 2 is 2.00 bits per heavy atom. The van der Waals surface area contributed by atoms with Gasteiger partial charge in [-0.05, 0) is 13.0 Å². The fraction of sp³-hybridized carbons (Fsp3) is 0.500. The summed E-state index contributed by atoms with van der Waals surface area (Å²) in [6.07, 6.45) is 1.18. The van der Waals surface area contributed by atoms with E-state index in [1.807, 2.05) is 31.2 Å². The zero-order valence-corrected chi connectivity index (χ0v) is 13.6. The second kappa shape index (κ2) is 7.42. The molecule has 1 rings (SSSR count). The quantitative estimate of drug-likeness (QED) is 0.819. The van der Waals surface area contributed by atoms with Crippen molar-refractivity contribution in [3.05, 3.63) is 29.8 Å². The third-order valence-corrected chi connectivity index (χ3v) is 3.99. The molecule has 0 radical (unpaired) electrons. The predicted octanol–water partition coefficient (Wildman–Crippen LogP) is 1.15. The van der Waals surface area contributed by atoms with Crippen LogP contribution in [-0.4, -0.2) is 46.2 Å². The van der Waals surface area contributed by atoms with Gasteiger partial charge in [-0.25, -0.2) is 13.1 Å². The van der Waals surface area contributed by atoms with Crippen molar-refractivity contribution in [1.29, 1.82) is 0 Å². The number of hydrogen-bond donors (Lipinski definition) is 1. The average Bonchev–Trinajstić information content (AvgIpc) is 2.44. The van der Waals surface area contributed by atoms with Crippen LogP contribution in [0.5, 0.6) is 5.75 Å². The molecule has 7 heteroatoms. The van der Waals surface area contributed by atoms with E-state index in [2.05, 4.69) is 4.72 Å². The van der Waals surface area contributed by atoms with Crippen molar-refractivity contribution >= 4 is 15.9 Å². The lowest BCUT2D eigenvalue weighted by atomic mass is 10.1. The Morgan fingerprint density at radius 1 is 1.38 bits per heavy atom. The Kier molecular flexibility index (Phi) is 6.17. The second-order valence-electron chi connectivity index (χ2n) is 4.84. The first-order chi connectivity index (χ1) is 9.76. The van der Waals surface area contributed by atoms with Crippen molar-refractivity contribution in [3.63, 3.8) is 0 Å². The minimum Gasteiger partial charge on any atom is -0.496 e. The molecule has 21 heavy (non-hydrogen) atoms. The Hall–Kier alpha value is -1.60. The van der Waals surface area contributed by atoms with E-state index in [9.17, 15) is 13.2 Å². The van der Waals surface area contributed by atoms with Gasteiger partial charge in [-0.2, -0.15) is 0 Å². The zero-order chi connectivity index (χ0) is 16.0. The van der Waals surface area contributed by atoms with Crippen molar-refractivity contribution in [3.8, 4) is 5.75 Å². The van der Waals surface area contributed by atoms with Crippen LogP contribution in [0.1, 0.15) is 24.9 Å². The molecule has 0 aliphatic heterocycles. The first-order valence-electron chi connectivity index (χ1n) is 6.59. The average molecular weight is 314 g/mol. The molecule has 1 unspecified atom stereocenters. The van der Waals surface area contributed by atoms with Gasteiger partial charge in [0.2, 0.25) is 15.9 Å². The molecule has 1 aromatic carbocycles. The number of nitrogens with one attached hydrogen (secondary N) is 1. The number of sulfonamides is 1. The van der Waals surface area contributed by atoms with Crippen LogP contribution in [0.2, 0.25) is 0 Å². The molecule has 0 aromatic heterocycles. The number of methoxy groups -OCH3 is 1. The van der Waals surface area contributed by atoms with Crippen LogP contribution in [0, 0.1) is 0 Å². The lowest BCUT2D eigenvalue weighted by Crippen LogP contribution is -2.33. The summed E-state index contributed by atoms with van der Waals surface area (Å²) in [4.78, 5) is 13.7. The van der Waals surface area contributed by atoms with Gasteiger partial charge < -0.3 is 9.64 Å². The van der Waals surface area contributed by atoms with E-state index in [-0.39, 0.29) is 24.9 Å². The summed E-state index contributed by atoms with van der Waals surface area (Å²) in [5, 5.41) is 0. The highest BCUT2D eigenvalue weighted by Gasteiger charge is 2.20. The summed E-state index contributed by atoms with van der Waals surface area (Å²) in [6, 6.07) is 7.34. The van der Waals surface area contributed by atoms with E-state index < -0.39 is 10.0 Å². The van der Waals surface area contributed by atoms with Crippen LogP contribution in [0.25, 0.3) is 0 Å². The van der Waals surface area contributed by atoms with Gasteiger partial charge >= 0.3 is 0 Å². The van der Waals surface area contributed by atoms with Crippen molar-refractivity contribution in [2.45, 2.75) is 19.4 Å². The number of ether oxygens (including phenoxy) is 1. The summed E-state index contributed by atoms with van der Waals surface area (Å²) in [5.74, 6) is 0.587. The van der Waals surface area contributed by atoms with Crippen molar-refractivity contribution in [1.82, 2.24) is 9.62 Å². The van der Waals surface area contributed by atoms with Crippen LogP contribution in [-0.2, 0) is 14.8 Å². The van der Waals surface area contributed by atoms with E-state index in [1.54, 1.807) is 19.1 Å². The van der Waals surface area contributed by atoms with Gasteiger partial charge in [0.15, 0.2) is 0 Å². The van der Waals surface area contributed by atoms with Gasteiger partial charge in [-0.15, -0.1) is 0 Å². The molecule has 0 spiro atoms. The van der Waals surface area contributed by atoms with Crippen LogP contribution in [0.3, 0.4) is 0 Å². The summed E-state index contributed by atoms with van der Waals surface area (Å²) < 4.78 is 29.5. The summed E-state index contributed by atoms with van der Waals surface area (Å²) >= 11 is 0. The molecule has 0 aliphatic rings. The van der Waals surface area contributed by atoms with E-state index in [0.717, 1.165) is 17.6 Å². The maximum absolute atomic E-state index is 12.1. The van der Waals surface area contributed by atoms with Gasteiger partial charge in [0.25, 0.3) is 0 Å². The highest BCUT2D eigenvalue weighted by atomic mass is 32.2. The number of rotatable bonds is 7. The molecule has 1 aromatic rings. The van der Waals surface area contributed by atoms with E-state index >= 15 is 0 Å². The smallest absolute Gasteiger partial charge is 0.224 e. The summed E-state index contributed by atoms with van der Waals surface area (Å²) in [7, 11) is 0.0117. The summed E-state index contributed by atoms with van der Waals surface area (Å²) in [5.41, 5.74) is 0.909. The Labute approximate surface area is 126 Å². The molecular formula is C14H22N2O4S. The molecule has 0 saturated carbocycles. The van der Waals surface area contributed by atoms with Crippen LogP contribution < -0.4 is 9.46 Å². The Bertz CT molecular complexity index is 586. The van der Waals surface area contributed by atoms with Crippen LogP contribution in [0.4, 0.5) is 0 Å². The number of nitrogens with zero attached hydrogens (tertiary/aromatic N) is 1. The molecule has 1 atom stereocenters. The number of carbonyl (C=O) groups excluding carboxylic acids is 1. The van der Waals surface area contributed by atoms with Crippen molar-refractivity contribution < 1.29 is 17.9 Å². The Morgan fingerprint density at radius 3 is 2.57 bits per heavy atom. The van der Waals surface area contributed by atoms with E-state index in [1.165, 1.54) is 0 Å². The molecule has 0 heterocycles. The topological polar surface area (TPSA) is 75.7 Å². The zero-order valence-electron chi connectivity index (χ0n) is 12.8. The molecule has 0 aliphatic carbocycles. The van der Waals surface area contributed by atoms with E-state index in [0.29, 0.717) is 0 Å². The molecular weight excluding hydrogens is 292 g/mol. The highest BCUT2D eigenvalue weighted by molar-refractivity contribution is 7.88. The minimum atomic E-state index is -3.27. The number of hydrogen-bond acceptors (Lipinski definition) is 4. The normalized spacial score (nSPS) is 12.8. The monoisotopic (exact) mass is 314 g/mol. The summed E-state index contributed by atoms with van der Waals surface area (Å²) in [6.45, 7) is 2.00. The molecule has 0 bridgehead atoms. The third-order valence-electron chi connectivity index (χ3n) is 3.27. The number of benzene rings is 1. The fourth-order valence-electron chi connectivity index (χ4n) is 1.96. The van der Waals surface area contributed by atoms with Gasteiger partial charge in [0.1, 0.15) is 5.75 Å². The van der Waals surface area contributed by atoms with E-state index in [4.69, 9.17) is 4.74 Å². The second-order valence-corrected chi connectivity index (χ2v) is 6.67. The SMILES string of the molecule is COc1ccccc1C(C)N(C)C(=O)CCNS(C)(=O)=O. The molecule has 118 valence electrons. The molecule has 1 amide bonds. The predicted molar refractivity (Wildman–Crippen MR) is 81.6 cm³/mol. The van der Waals surface area contributed by atoms with Crippen molar-refractivity contribution in [2.75, 3.05) is 27.0 Å². The van der Waals surface area contributed by atoms with Gasteiger partial charge in [-0.1, -0.05) is 18.2 Å². The third kappa shape index (κ3) is 5.35. The van der Waals surface area contributed by atoms with Gasteiger partial charge in [0, 0.05) is 25.6 Å². The number of para-hydroxylation sites is 1. The molecule has 0 fully saturated rings. The molecule has 0 saturated heterocycles. The van der Waals surface area contributed by atoms with Crippen LogP contribution in [0.15, 0.2) is 24.3 Å². The lowest BCUT2D eigenvalue weighted by molar-refractivity contribution is -0.131. The van der Waals surface area contributed by atoms with Gasteiger partial charge in [-0.3, -0.25) is 4.79 Å². The minimum absolute atomic E-state index is 0.0979. The lowest BCUT2D eigenvalue weighted by Gasteiger charge is -2.26. The molecule has 1 N–H and O–H groups in total. The van der Waals surface area contributed by atoms with Gasteiger partial charge in [0.05, 0.1) is 19.4 Å². The molecule has 6 nitrogen and oxygen atoms in total. The first kappa shape index (κ1) is 17.5. The van der Waals surface area contributed by atoms with Crippen LogP contribution >= 0.6 is 0 Å². The Balaban J connectivity index is 2.69. The number of carbonyl (C=O) groups is 1. The first-order valence-corrected chi connectivity index (χ1v) is 8.48. The van der Waals surface area contributed by atoms with Crippen molar-refractivity contribution in [2.24, 2.45) is 0 Å². The fourth-order valence-corrected chi connectivity index (χ4v) is 2.43. The number of amides is 1. The highest BCUT2D eigenvalue weighted by Crippen LogP contribution is 2.28. The standard InChI is InChI=1S/C14H22N2O4S/c1-11(12-7-5-6-8-13(12)20-3)16(2)14(17)9-10-15-21(4,18)19/h5-8,11,15H,9-10H2,1-4H3.